The molecule has 0 atom stereocenters. The minimum absolute atomic E-state index is 0.103. The zero-order valence-corrected chi connectivity index (χ0v) is 20.9. The summed E-state index contributed by atoms with van der Waals surface area (Å²) in [5, 5.41) is 2.85. The van der Waals surface area contributed by atoms with E-state index in [4.69, 9.17) is 11.6 Å². The van der Waals surface area contributed by atoms with E-state index in [-0.39, 0.29) is 10.8 Å². The molecule has 1 aromatic carbocycles. The average Bonchev–Trinajstić information content (AvgIpc) is 2.72. The van der Waals surface area contributed by atoms with Crippen molar-refractivity contribution in [1.29, 1.82) is 0 Å². The predicted octanol–water partition coefficient (Wildman–Crippen LogP) is 7.06. The topological polar surface area (TPSA) is 75.3 Å². The highest BCUT2D eigenvalue weighted by Crippen LogP contribution is 2.25. The molecule has 0 bridgehead atoms. The summed E-state index contributed by atoms with van der Waals surface area (Å²) in [5.41, 5.74) is 0.300. The van der Waals surface area contributed by atoms with Gasteiger partial charge >= 0.3 is 0 Å². The molecule has 0 heterocycles. The highest BCUT2D eigenvalue weighted by Gasteiger charge is 2.15. The Morgan fingerprint density at radius 2 is 1.32 bits per heavy atom. The Balaban J connectivity index is 2.10. The molecule has 0 aromatic heterocycles. The van der Waals surface area contributed by atoms with E-state index in [1.165, 1.54) is 95.8 Å². The molecule has 0 fully saturated rings. The lowest BCUT2D eigenvalue weighted by molar-refractivity contribution is -0.114. The second-order valence-corrected chi connectivity index (χ2v) is 10.5. The number of unbranched alkanes of at least 4 members (excludes halogenated alkanes) is 13. The Morgan fingerprint density at radius 3 is 1.81 bits per heavy atom. The summed E-state index contributed by atoms with van der Waals surface area (Å²) in [5.74, 6) is -0.299. The number of carbonyl (C=O) groups is 1. The number of carbonyl (C=O) groups excluding carboxylic acids is 1. The fourth-order valence-corrected chi connectivity index (χ4v) is 4.83. The van der Waals surface area contributed by atoms with Gasteiger partial charge in [-0.3, -0.25) is 4.79 Å². The molecular formula is C24H41ClN2O3S. The molecule has 0 spiro atoms. The smallest absolute Gasteiger partial charge is 0.240 e. The van der Waals surface area contributed by atoms with E-state index < -0.39 is 10.0 Å². The van der Waals surface area contributed by atoms with E-state index >= 15 is 0 Å². The van der Waals surface area contributed by atoms with Crippen LogP contribution < -0.4 is 10.0 Å². The van der Waals surface area contributed by atoms with Gasteiger partial charge in [-0.15, -0.1) is 0 Å². The lowest BCUT2D eigenvalue weighted by atomic mass is 10.0. The van der Waals surface area contributed by atoms with Crippen molar-refractivity contribution < 1.29 is 13.2 Å². The maximum absolute atomic E-state index is 12.4. The van der Waals surface area contributed by atoms with Gasteiger partial charge in [0.2, 0.25) is 15.9 Å². The fourth-order valence-electron chi connectivity index (χ4n) is 3.57. The number of halogens is 1. The Kier molecular flexibility index (Phi) is 14.9. The molecular weight excluding hydrogens is 432 g/mol. The predicted molar refractivity (Wildman–Crippen MR) is 131 cm³/mol. The molecule has 2 N–H and O–H groups in total. The summed E-state index contributed by atoms with van der Waals surface area (Å²) < 4.78 is 27.5. The van der Waals surface area contributed by atoms with Crippen LogP contribution in [-0.2, 0) is 14.8 Å². The average molecular weight is 473 g/mol. The molecule has 178 valence electrons. The SMILES string of the molecule is CCCCCCCCCCCCCCCCNS(=O)(=O)c1ccc(Cl)c(NC(C)=O)c1. The first-order valence-electron chi connectivity index (χ1n) is 11.9. The molecule has 0 unspecified atom stereocenters. The number of hydrogen-bond donors (Lipinski definition) is 2. The second kappa shape index (κ2) is 16.5. The number of amides is 1. The van der Waals surface area contributed by atoms with E-state index in [9.17, 15) is 13.2 Å². The van der Waals surface area contributed by atoms with Gasteiger partial charge in [0.15, 0.2) is 0 Å². The summed E-state index contributed by atoms with van der Waals surface area (Å²) in [6.07, 6.45) is 17.8. The van der Waals surface area contributed by atoms with Crippen molar-refractivity contribution in [2.45, 2.75) is 109 Å². The van der Waals surface area contributed by atoms with E-state index in [0.717, 1.165) is 19.3 Å². The quantitative estimate of drug-likeness (QED) is 0.224. The van der Waals surface area contributed by atoms with Crippen LogP contribution in [0.15, 0.2) is 23.1 Å². The van der Waals surface area contributed by atoms with Gasteiger partial charge < -0.3 is 5.32 Å². The minimum atomic E-state index is -3.61. The largest absolute Gasteiger partial charge is 0.325 e. The van der Waals surface area contributed by atoms with Crippen molar-refractivity contribution in [3.05, 3.63) is 23.2 Å². The molecule has 0 saturated heterocycles. The number of sulfonamides is 1. The van der Waals surface area contributed by atoms with Crippen LogP contribution >= 0.6 is 11.6 Å². The van der Waals surface area contributed by atoms with Crippen LogP contribution in [0.5, 0.6) is 0 Å². The number of benzene rings is 1. The summed E-state index contributed by atoms with van der Waals surface area (Å²) in [6.45, 7) is 4.02. The lowest BCUT2D eigenvalue weighted by Gasteiger charge is -2.10. The van der Waals surface area contributed by atoms with Gasteiger partial charge in [0.25, 0.3) is 0 Å². The zero-order valence-electron chi connectivity index (χ0n) is 19.3. The van der Waals surface area contributed by atoms with Gasteiger partial charge in [0.05, 0.1) is 15.6 Å². The molecule has 0 saturated carbocycles. The molecule has 0 aliphatic carbocycles. The highest BCUT2D eigenvalue weighted by atomic mass is 35.5. The summed E-state index contributed by atoms with van der Waals surface area (Å²) in [7, 11) is -3.61. The van der Waals surface area contributed by atoms with Crippen LogP contribution in [0.3, 0.4) is 0 Å². The summed E-state index contributed by atoms with van der Waals surface area (Å²) in [4.78, 5) is 11.3. The molecule has 7 heteroatoms. The van der Waals surface area contributed by atoms with Crippen molar-refractivity contribution in [2.24, 2.45) is 0 Å². The highest BCUT2D eigenvalue weighted by molar-refractivity contribution is 7.89. The first-order chi connectivity index (χ1) is 14.9. The number of hydrogen-bond acceptors (Lipinski definition) is 3. The van der Waals surface area contributed by atoms with Crippen molar-refractivity contribution in [2.75, 3.05) is 11.9 Å². The van der Waals surface area contributed by atoms with Gasteiger partial charge in [0.1, 0.15) is 0 Å². The van der Waals surface area contributed by atoms with Crippen LogP contribution in [-0.4, -0.2) is 20.9 Å². The summed E-state index contributed by atoms with van der Waals surface area (Å²) >= 11 is 6.01. The van der Waals surface area contributed by atoms with Crippen LogP contribution in [0.1, 0.15) is 104 Å². The van der Waals surface area contributed by atoms with E-state index in [0.29, 0.717) is 17.3 Å². The third kappa shape index (κ3) is 13.1. The monoisotopic (exact) mass is 472 g/mol. The van der Waals surface area contributed by atoms with Gasteiger partial charge in [-0.05, 0) is 24.6 Å². The molecule has 5 nitrogen and oxygen atoms in total. The van der Waals surface area contributed by atoms with Gasteiger partial charge in [-0.2, -0.15) is 0 Å². The molecule has 0 radical (unpaired) electrons. The van der Waals surface area contributed by atoms with E-state index in [1.54, 1.807) is 0 Å². The van der Waals surface area contributed by atoms with Crippen LogP contribution in [0.25, 0.3) is 0 Å². The van der Waals surface area contributed by atoms with E-state index in [1.807, 2.05) is 0 Å². The Morgan fingerprint density at radius 1 is 0.839 bits per heavy atom. The van der Waals surface area contributed by atoms with Crippen molar-refractivity contribution in [3.8, 4) is 0 Å². The fraction of sp³-hybridized carbons (Fsp3) is 0.708. The first kappa shape index (κ1) is 27.9. The van der Waals surface area contributed by atoms with Crippen LogP contribution in [0, 0.1) is 0 Å². The second-order valence-electron chi connectivity index (χ2n) is 8.32. The van der Waals surface area contributed by atoms with Crippen molar-refractivity contribution in [1.82, 2.24) is 4.72 Å². The van der Waals surface area contributed by atoms with Crippen molar-refractivity contribution >= 4 is 33.2 Å². The summed E-state index contributed by atoms with van der Waals surface area (Å²) in [6, 6.07) is 4.31. The number of anilines is 1. The Bertz CT molecular complexity index is 738. The van der Waals surface area contributed by atoms with Gasteiger partial charge in [-0.1, -0.05) is 102 Å². The molecule has 0 aliphatic rings. The van der Waals surface area contributed by atoms with Crippen LogP contribution in [0.4, 0.5) is 5.69 Å². The maximum Gasteiger partial charge on any atom is 0.240 e. The normalized spacial score (nSPS) is 11.6. The van der Waals surface area contributed by atoms with E-state index in [2.05, 4.69) is 17.0 Å². The van der Waals surface area contributed by atoms with Gasteiger partial charge in [0, 0.05) is 13.5 Å². The van der Waals surface area contributed by atoms with Crippen molar-refractivity contribution in [3.63, 3.8) is 0 Å². The molecule has 1 amide bonds. The first-order valence-corrected chi connectivity index (χ1v) is 13.8. The maximum atomic E-state index is 12.4. The third-order valence-electron chi connectivity index (χ3n) is 5.38. The molecule has 1 aromatic rings. The third-order valence-corrected chi connectivity index (χ3v) is 7.17. The lowest BCUT2D eigenvalue weighted by Crippen LogP contribution is -2.25. The molecule has 1 rings (SSSR count). The standard InChI is InChI=1S/C24H41ClN2O3S/c1-3-4-5-6-7-8-9-10-11-12-13-14-15-16-19-26-31(29,30)22-17-18-23(25)24(20-22)27-21(2)28/h17-18,20,26H,3-16,19H2,1-2H3,(H,27,28). The molecule has 31 heavy (non-hydrogen) atoms. The van der Waals surface area contributed by atoms with Gasteiger partial charge in [-0.25, -0.2) is 13.1 Å². The van der Waals surface area contributed by atoms with Crippen LogP contribution in [0.2, 0.25) is 5.02 Å². The zero-order chi connectivity index (χ0) is 23.0. The Labute approximate surface area is 194 Å². The molecule has 0 aliphatic heterocycles. The minimum Gasteiger partial charge on any atom is -0.325 e. The number of nitrogens with one attached hydrogen (secondary N) is 2. The number of rotatable bonds is 18. The Hall–Kier alpha value is -1.11.